The highest BCUT2D eigenvalue weighted by molar-refractivity contribution is 7.15. The first-order valence-electron chi connectivity index (χ1n) is 6.85. The van der Waals surface area contributed by atoms with Gasteiger partial charge in [-0.3, -0.25) is 4.79 Å². The lowest BCUT2D eigenvalue weighted by molar-refractivity contribution is -0.115. The average molecular weight is 341 g/mol. The van der Waals surface area contributed by atoms with Gasteiger partial charge in [-0.2, -0.15) is 0 Å². The number of nitrogens with one attached hydrogen (secondary N) is 1. The normalized spacial score (nSPS) is 13.8. The van der Waals surface area contributed by atoms with Crippen molar-refractivity contribution >= 4 is 45.6 Å². The number of thiazole rings is 1. The molecular formula is C15H14Cl2N2OS. The number of fused-ring (bicyclic) bond motifs is 1. The molecule has 0 saturated carbocycles. The largest absolute Gasteiger partial charge is 0.302 e. The maximum atomic E-state index is 12.1. The molecule has 110 valence electrons. The van der Waals surface area contributed by atoms with E-state index in [9.17, 15) is 4.79 Å². The molecule has 1 aliphatic carbocycles. The summed E-state index contributed by atoms with van der Waals surface area (Å²) in [5, 5.41) is 4.55. The summed E-state index contributed by atoms with van der Waals surface area (Å²) in [7, 11) is 0. The van der Waals surface area contributed by atoms with Gasteiger partial charge in [-0.25, -0.2) is 4.98 Å². The van der Waals surface area contributed by atoms with E-state index in [1.54, 1.807) is 29.5 Å². The Labute approximate surface area is 137 Å². The molecular weight excluding hydrogens is 327 g/mol. The Kier molecular flexibility index (Phi) is 4.48. The number of anilines is 1. The number of carbonyl (C=O) groups excluding carboxylic acids is 1. The summed E-state index contributed by atoms with van der Waals surface area (Å²) in [6.07, 6.45) is 4.62. The number of hydrogen-bond acceptors (Lipinski definition) is 3. The standard InChI is InChI=1S/C15H14Cl2N2OS/c16-10-4-3-5-11(17)9(10)8-14(20)19-15-18-12-6-1-2-7-13(12)21-15/h3-5H,1-2,6-8H2,(H,18,19,20). The fourth-order valence-electron chi connectivity index (χ4n) is 2.43. The number of halogens is 2. The molecule has 0 saturated heterocycles. The maximum absolute atomic E-state index is 12.1. The van der Waals surface area contributed by atoms with E-state index in [1.807, 2.05) is 0 Å². The molecule has 21 heavy (non-hydrogen) atoms. The second kappa shape index (κ2) is 6.34. The van der Waals surface area contributed by atoms with Gasteiger partial charge in [0.2, 0.25) is 5.91 Å². The van der Waals surface area contributed by atoms with E-state index in [2.05, 4.69) is 10.3 Å². The Morgan fingerprint density at radius 2 is 1.95 bits per heavy atom. The zero-order chi connectivity index (χ0) is 14.8. The van der Waals surface area contributed by atoms with E-state index >= 15 is 0 Å². The van der Waals surface area contributed by atoms with Crippen LogP contribution in [0.2, 0.25) is 10.0 Å². The van der Waals surface area contributed by atoms with Crippen LogP contribution in [-0.2, 0) is 24.1 Å². The smallest absolute Gasteiger partial charge is 0.230 e. The van der Waals surface area contributed by atoms with Crippen LogP contribution in [-0.4, -0.2) is 10.9 Å². The molecule has 3 nitrogen and oxygen atoms in total. The maximum Gasteiger partial charge on any atom is 0.230 e. The zero-order valence-electron chi connectivity index (χ0n) is 11.3. The van der Waals surface area contributed by atoms with E-state index < -0.39 is 0 Å². The lowest BCUT2D eigenvalue weighted by Crippen LogP contribution is -2.14. The Morgan fingerprint density at radius 1 is 1.24 bits per heavy atom. The lowest BCUT2D eigenvalue weighted by Gasteiger charge is -2.06. The van der Waals surface area contributed by atoms with Gasteiger partial charge in [0.25, 0.3) is 0 Å². The van der Waals surface area contributed by atoms with Gasteiger partial charge >= 0.3 is 0 Å². The second-order valence-corrected chi connectivity index (χ2v) is 6.92. The highest BCUT2D eigenvalue weighted by atomic mass is 35.5. The predicted molar refractivity (Wildman–Crippen MR) is 87.6 cm³/mol. The van der Waals surface area contributed by atoms with Gasteiger partial charge in [0.1, 0.15) is 0 Å². The summed E-state index contributed by atoms with van der Waals surface area (Å²) in [5.74, 6) is -0.143. The van der Waals surface area contributed by atoms with Gasteiger partial charge in [-0.15, -0.1) is 11.3 Å². The fraction of sp³-hybridized carbons (Fsp3) is 0.333. The average Bonchev–Trinajstić information content (AvgIpc) is 2.85. The molecule has 0 atom stereocenters. The van der Waals surface area contributed by atoms with Crippen LogP contribution in [0.25, 0.3) is 0 Å². The molecule has 1 amide bonds. The number of nitrogens with zero attached hydrogens (tertiary/aromatic N) is 1. The molecule has 3 rings (SSSR count). The van der Waals surface area contributed by atoms with Crippen LogP contribution in [0.4, 0.5) is 5.13 Å². The summed E-state index contributed by atoms with van der Waals surface area (Å²) < 4.78 is 0. The van der Waals surface area contributed by atoms with Crippen LogP contribution in [0.3, 0.4) is 0 Å². The zero-order valence-corrected chi connectivity index (χ0v) is 13.6. The Balaban J connectivity index is 1.70. The van der Waals surface area contributed by atoms with Crippen molar-refractivity contribution in [3.63, 3.8) is 0 Å². The number of aryl methyl sites for hydroxylation is 2. The van der Waals surface area contributed by atoms with E-state index in [4.69, 9.17) is 23.2 Å². The molecule has 1 aromatic carbocycles. The number of benzene rings is 1. The van der Waals surface area contributed by atoms with Crippen molar-refractivity contribution in [1.82, 2.24) is 4.98 Å². The predicted octanol–water partition coefficient (Wildman–Crippen LogP) is 4.51. The van der Waals surface area contributed by atoms with Gasteiger partial charge in [-0.1, -0.05) is 29.3 Å². The summed E-state index contributed by atoms with van der Waals surface area (Å²) in [6.45, 7) is 0. The van der Waals surface area contributed by atoms with Crippen molar-refractivity contribution in [2.45, 2.75) is 32.1 Å². The highest BCUT2D eigenvalue weighted by Crippen LogP contribution is 2.30. The Bertz CT molecular complexity index is 641. The van der Waals surface area contributed by atoms with E-state index in [0.29, 0.717) is 20.7 Å². The minimum absolute atomic E-state index is 0.143. The van der Waals surface area contributed by atoms with Crippen LogP contribution < -0.4 is 5.32 Å². The molecule has 2 aromatic rings. The van der Waals surface area contributed by atoms with Crippen LogP contribution in [0.15, 0.2) is 18.2 Å². The molecule has 0 aliphatic heterocycles. The van der Waals surface area contributed by atoms with E-state index in [1.165, 1.54) is 17.7 Å². The molecule has 6 heteroatoms. The van der Waals surface area contributed by atoms with Crippen molar-refractivity contribution in [3.8, 4) is 0 Å². The third-order valence-electron chi connectivity index (χ3n) is 3.49. The lowest BCUT2D eigenvalue weighted by atomic mass is 10.0. The van der Waals surface area contributed by atoms with Gasteiger partial charge in [0, 0.05) is 14.9 Å². The first-order chi connectivity index (χ1) is 10.1. The van der Waals surface area contributed by atoms with Gasteiger partial charge < -0.3 is 5.32 Å². The molecule has 0 bridgehead atoms. The van der Waals surface area contributed by atoms with Crippen molar-refractivity contribution < 1.29 is 4.79 Å². The van der Waals surface area contributed by atoms with Gasteiger partial charge in [0.05, 0.1) is 12.1 Å². The summed E-state index contributed by atoms with van der Waals surface area (Å²) in [4.78, 5) is 17.9. The van der Waals surface area contributed by atoms with Gasteiger partial charge in [-0.05, 0) is 43.4 Å². The molecule has 1 N–H and O–H groups in total. The minimum atomic E-state index is -0.143. The summed E-state index contributed by atoms with van der Waals surface area (Å²) in [5.41, 5.74) is 1.79. The Hall–Kier alpha value is -1.10. The van der Waals surface area contributed by atoms with Crippen molar-refractivity contribution in [2.24, 2.45) is 0 Å². The summed E-state index contributed by atoms with van der Waals surface area (Å²) >= 11 is 13.7. The van der Waals surface area contributed by atoms with E-state index in [-0.39, 0.29) is 12.3 Å². The second-order valence-electron chi connectivity index (χ2n) is 5.02. The van der Waals surface area contributed by atoms with Crippen molar-refractivity contribution in [3.05, 3.63) is 44.4 Å². The third kappa shape index (κ3) is 3.39. The number of hydrogen-bond donors (Lipinski definition) is 1. The number of aromatic nitrogens is 1. The van der Waals surface area contributed by atoms with Crippen LogP contribution in [0.5, 0.6) is 0 Å². The van der Waals surface area contributed by atoms with E-state index in [0.717, 1.165) is 18.5 Å². The quantitative estimate of drug-likeness (QED) is 0.892. The Morgan fingerprint density at radius 3 is 2.67 bits per heavy atom. The third-order valence-corrected chi connectivity index (χ3v) is 5.27. The first-order valence-corrected chi connectivity index (χ1v) is 8.42. The molecule has 0 spiro atoms. The molecule has 1 aliphatic rings. The molecule has 1 aromatic heterocycles. The minimum Gasteiger partial charge on any atom is -0.302 e. The van der Waals surface area contributed by atoms with Crippen molar-refractivity contribution in [2.75, 3.05) is 5.32 Å². The highest BCUT2D eigenvalue weighted by Gasteiger charge is 2.17. The summed E-state index contributed by atoms with van der Waals surface area (Å²) in [6, 6.07) is 5.23. The number of amides is 1. The molecule has 0 radical (unpaired) electrons. The number of carbonyl (C=O) groups is 1. The first kappa shape index (κ1) is 14.8. The molecule has 0 fully saturated rings. The number of rotatable bonds is 3. The van der Waals surface area contributed by atoms with Crippen molar-refractivity contribution in [1.29, 1.82) is 0 Å². The van der Waals surface area contributed by atoms with Gasteiger partial charge in [0.15, 0.2) is 5.13 Å². The van der Waals surface area contributed by atoms with Crippen LogP contribution >= 0.6 is 34.5 Å². The topological polar surface area (TPSA) is 42.0 Å². The van der Waals surface area contributed by atoms with Crippen LogP contribution in [0.1, 0.15) is 29.0 Å². The SMILES string of the molecule is O=C(Cc1c(Cl)cccc1Cl)Nc1nc2c(s1)CCCC2. The monoisotopic (exact) mass is 340 g/mol. The molecule has 0 unspecified atom stereocenters. The molecule has 1 heterocycles. The van der Waals surface area contributed by atoms with Crippen LogP contribution in [0, 0.1) is 0 Å². The fourth-order valence-corrected chi connectivity index (χ4v) is 4.03.